The molecule has 5 rings (SSSR count). The Morgan fingerprint density at radius 2 is 1.97 bits per heavy atom. The number of anilines is 1. The minimum Gasteiger partial charge on any atom is -0.351 e. The van der Waals surface area contributed by atoms with E-state index in [0.717, 1.165) is 32.3 Å². The van der Waals surface area contributed by atoms with Crippen molar-refractivity contribution in [2.24, 2.45) is 0 Å². The largest absolute Gasteiger partial charge is 0.351 e. The van der Waals surface area contributed by atoms with Gasteiger partial charge in [-0.3, -0.25) is 0 Å². The van der Waals surface area contributed by atoms with Gasteiger partial charge in [0.05, 0.1) is 37.4 Å². The molecule has 1 aliphatic rings. The maximum atomic E-state index is 13.3. The second kappa shape index (κ2) is 9.61. The molecular weight excluding hydrogens is 512 g/mol. The van der Waals surface area contributed by atoms with Crippen molar-refractivity contribution in [3.63, 3.8) is 0 Å². The van der Waals surface area contributed by atoms with Crippen LogP contribution in [-0.2, 0) is 0 Å². The van der Waals surface area contributed by atoms with E-state index in [1.54, 1.807) is 29.0 Å². The molecule has 0 spiro atoms. The number of aryl methyl sites for hydroxylation is 2. The highest BCUT2D eigenvalue weighted by Crippen LogP contribution is 2.41. The topological polar surface area (TPSA) is 74.2 Å². The van der Waals surface area contributed by atoms with Crippen LogP contribution in [0.4, 0.5) is 10.6 Å². The summed E-state index contributed by atoms with van der Waals surface area (Å²) in [5.41, 5.74) is 2.58. The zero-order chi connectivity index (χ0) is 25.6. The number of benzene rings is 1. The van der Waals surface area contributed by atoms with Crippen LogP contribution >= 0.6 is 34.3 Å². The molecule has 3 aromatic heterocycles. The Kier molecular flexibility index (Phi) is 6.65. The quantitative estimate of drug-likeness (QED) is 0.321. The lowest BCUT2D eigenvalue weighted by Crippen LogP contribution is -2.63. The molecule has 1 aromatic carbocycles. The number of amides is 2. The molecule has 4 aromatic rings. The third-order valence-electron chi connectivity index (χ3n) is 6.56. The van der Waals surface area contributed by atoms with E-state index < -0.39 is 0 Å². The minimum absolute atomic E-state index is 0.0746. The Balaban J connectivity index is 1.35. The fraction of sp³-hybridized carbons (Fsp3) is 0.385. The number of piperazine rings is 1. The van der Waals surface area contributed by atoms with Crippen molar-refractivity contribution in [2.45, 2.75) is 46.2 Å². The van der Waals surface area contributed by atoms with Crippen molar-refractivity contribution < 1.29 is 4.79 Å². The van der Waals surface area contributed by atoms with Gasteiger partial charge in [0, 0.05) is 29.5 Å². The van der Waals surface area contributed by atoms with Crippen molar-refractivity contribution in [2.75, 3.05) is 24.5 Å². The van der Waals surface area contributed by atoms with E-state index in [4.69, 9.17) is 11.6 Å². The van der Waals surface area contributed by atoms with Crippen LogP contribution in [0.25, 0.3) is 20.0 Å². The molecule has 2 amide bonds. The summed E-state index contributed by atoms with van der Waals surface area (Å²) in [7, 11) is 0. The molecule has 1 aliphatic heterocycles. The van der Waals surface area contributed by atoms with Gasteiger partial charge in [0.2, 0.25) is 0 Å². The molecule has 1 saturated heterocycles. The van der Waals surface area contributed by atoms with Crippen molar-refractivity contribution in [1.82, 2.24) is 25.2 Å². The second-order valence-corrected chi connectivity index (χ2v) is 12.5. The summed E-state index contributed by atoms with van der Waals surface area (Å²) in [5, 5.41) is 4.87. The number of hydrogen-bond donors (Lipinski definition) is 1. The summed E-state index contributed by atoms with van der Waals surface area (Å²) in [5.74, 6) is 0.926. The van der Waals surface area contributed by atoms with Gasteiger partial charge in [-0.25, -0.2) is 19.7 Å². The van der Waals surface area contributed by atoms with Gasteiger partial charge < -0.3 is 15.1 Å². The van der Waals surface area contributed by atoms with Gasteiger partial charge >= 0.3 is 6.03 Å². The van der Waals surface area contributed by atoms with Gasteiger partial charge in [-0.1, -0.05) is 23.7 Å². The maximum absolute atomic E-state index is 13.3. The highest BCUT2D eigenvalue weighted by Gasteiger charge is 2.38. The van der Waals surface area contributed by atoms with E-state index in [-0.39, 0.29) is 17.6 Å². The summed E-state index contributed by atoms with van der Waals surface area (Å²) in [4.78, 5) is 33.6. The third-order valence-corrected chi connectivity index (χ3v) is 9.16. The Morgan fingerprint density at radius 1 is 1.17 bits per heavy atom. The Bertz CT molecular complexity index is 1430. The average molecular weight is 541 g/mol. The molecule has 10 heteroatoms. The zero-order valence-electron chi connectivity index (χ0n) is 21.0. The molecule has 36 heavy (non-hydrogen) atoms. The van der Waals surface area contributed by atoms with Crippen molar-refractivity contribution in [3.8, 4) is 9.75 Å². The van der Waals surface area contributed by atoms with Crippen LogP contribution in [0.2, 0.25) is 5.02 Å². The Morgan fingerprint density at radius 3 is 2.67 bits per heavy atom. The van der Waals surface area contributed by atoms with Crippen LogP contribution in [0.5, 0.6) is 0 Å². The molecule has 4 heterocycles. The first-order chi connectivity index (χ1) is 17.1. The number of thiazole rings is 1. The second-order valence-electron chi connectivity index (χ2n) is 9.78. The molecular formula is C26H29ClN6OS2. The van der Waals surface area contributed by atoms with E-state index in [1.165, 1.54) is 9.75 Å². The molecule has 0 radical (unpaired) electrons. The van der Waals surface area contributed by atoms with Crippen LogP contribution in [0, 0.1) is 13.8 Å². The van der Waals surface area contributed by atoms with Gasteiger partial charge in [0.15, 0.2) is 0 Å². The lowest BCUT2D eigenvalue weighted by Gasteiger charge is -2.47. The predicted molar refractivity (Wildman–Crippen MR) is 149 cm³/mol. The first-order valence-corrected chi connectivity index (χ1v) is 13.9. The summed E-state index contributed by atoms with van der Waals surface area (Å²) >= 11 is 9.56. The number of nitrogens with zero attached hydrogens (tertiary/aromatic N) is 5. The molecule has 0 aliphatic carbocycles. The van der Waals surface area contributed by atoms with Gasteiger partial charge in [0.25, 0.3) is 0 Å². The molecule has 0 saturated carbocycles. The van der Waals surface area contributed by atoms with Crippen LogP contribution in [0.1, 0.15) is 43.1 Å². The number of hydrogen-bond acceptors (Lipinski definition) is 7. The number of halogens is 1. The molecule has 188 valence electrons. The normalized spacial score (nSPS) is 16.4. The standard InChI is InChI=1S/C26H29ClN6OS2/c1-15(18-7-6-8-19(27)11-18)31-25(34)33-10-9-32(13-26(33,4)5)24-23-20(28-14-29-24)12-21(36-23)22-16(2)30-17(3)35-22/h6-8,11-12,14-15H,9-10,13H2,1-5H3,(H,31,34). The molecule has 1 fully saturated rings. The van der Waals surface area contributed by atoms with Gasteiger partial charge in [-0.2, -0.15) is 0 Å². The molecule has 0 bridgehead atoms. The Labute approximate surface area is 224 Å². The van der Waals surface area contributed by atoms with Gasteiger partial charge in [-0.15, -0.1) is 22.7 Å². The van der Waals surface area contributed by atoms with E-state index in [0.29, 0.717) is 24.7 Å². The van der Waals surface area contributed by atoms with Gasteiger partial charge in [-0.05, 0) is 58.4 Å². The number of urea groups is 1. The van der Waals surface area contributed by atoms with Crippen molar-refractivity contribution in [1.29, 1.82) is 0 Å². The van der Waals surface area contributed by atoms with E-state index in [1.807, 2.05) is 43.0 Å². The summed E-state index contributed by atoms with van der Waals surface area (Å²) in [6.45, 7) is 12.2. The van der Waals surface area contributed by atoms with E-state index in [2.05, 4.69) is 52.0 Å². The summed E-state index contributed by atoms with van der Waals surface area (Å²) in [6, 6.07) is 9.52. The van der Waals surface area contributed by atoms with Crippen LogP contribution in [0.3, 0.4) is 0 Å². The first-order valence-electron chi connectivity index (χ1n) is 11.9. The number of carbonyl (C=O) groups is 1. The highest BCUT2D eigenvalue weighted by atomic mass is 35.5. The first kappa shape index (κ1) is 24.9. The lowest BCUT2D eigenvalue weighted by molar-refractivity contribution is 0.121. The molecule has 1 unspecified atom stereocenters. The van der Waals surface area contributed by atoms with Crippen molar-refractivity contribution in [3.05, 3.63) is 57.9 Å². The number of carbonyl (C=O) groups excluding carboxylic acids is 1. The summed E-state index contributed by atoms with van der Waals surface area (Å²) in [6.07, 6.45) is 1.64. The number of nitrogens with one attached hydrogen (secondary N) is 1. The van der Waals surface area contributed by atoms with E-state index in [9.17, 15) is 4.79 Å². The van der Waals surface area contributed by atoms with E-state index >= 15 is 0 Å². The van der Waals surface area contributed by atoms with Crippen molar-refractivity contribution >= 4 is 56.3 Å². The van der Waals surface area contributed by atoms with Crippen LogP contribution < -0.4 is 10.2 Å². The fourth-order valence-corrected chi connectivity index (χ4v) is 7.17. The molecule has 7 nitrogen and oxygen atoms in total. The number of thiophene rings is 1. The summed E-state index contributed by atoms with van der Waals surface area (Å²) < 4.78 is 1.07. The SMILES string of the molecule is Cc1nc(C)c(-c2cc3ncnc(N4CCN(C(=O)NC(C)c5cccc(Cl)c5)C(C)(C)C4)c3s2)s1. The zero-order valence-corrected chi connectivity index (χ0v) is 23.4. The Hall–Kier alpha value is -2.75. The lowest BCUT2D eigenvalue weighted by atomic mass is 9.99. The van der Waals surface area contributed by atoms with Crippen LogP contribution in [0.15, 0.2) is 36.7 Å². The van der Waals surface area contributed by atoms with Crippen LogP contribution in [-0.4, -0.2) is 51.1 Å². The number of aromatic nitrogens is 3. The van der Waals surface area contributed by atoms with Gasteiger partial charge in [0.1, 0.15) is 12.1 Å². The minimum atomic E-state index is -0.390. The predicted octanol–water partition coefficient (Wildman–Crippen LogP) is 6.46. The highest BCUT2D eigenvalue weighted by molar-refractivity contribution is 7.26. The fourth-order valence-electron chi connectivity index (χ4n) is 4.77. The smallest absolute Gasteiger partial charge is 0.318 e. The number of rotatable bonds is 4. The maximum Gasteiger partial charge on any atom is 0.318 e. The third kappa shape index (κ3) is 4.79. The average Bonchev–Trinajstić information content (AvgIpc) is 3.40. The number of fused-ring (bicyclic) bond motifs is 1. The molecule has 1 N–H and O–H groups in total. The monoisotopic (exact) mass is 540 g/mol. The molecule has 1 atom stereocenters.